The van der Waals surface area contributed by atoms with Gasteiger partial charge in [-0.3, -0.25) is 0 Å². The van der Waals surface area contributed by atoms with Crippen LogP contribution in [0.15, 0.2) is 6.07 Å². The van der Waals surface area contributed by atoms with E-state index in [1.54, 1.807) is 7.05 Å². The number of nitrogens with zero attached hydrogens (tertiary/aromatic N) is 2. The van der Waals surface area contributed by atoms with Crippen molar-refractivity contribution in [1.82, 2.24) is 9.97 Å². The van der Waals surface area contributed by atoms with Crippen LogP contribution < -0.4 is 5.32 Å². The zero-order valence-electron chi connectivity index (χ0n) is 9.11. The Labute approximate surface area is 88.6 Å². The Bertz CT molecular complexity index is 364. The van der Waals surface area contributed by atoms with Crippen LogP contribution in [-0.2, 0) is 6.42 Å². The topological polar surface area (TPSA) is 75.1 Å². The summed E-state index contributed by atoms with van der Waals surface area (Å²) in [5.74, 6) is 0.477. The molecule has 0 aliphatic carbocycles. The molecule has 0 aliphatic rings. The summed E-state index contributed by atoms with van der Waals surface area (Å²) in [7, 11) is 1.70. The maximum Gasteiger partial charge on any atom is 0.354 e. The molecule has 0 saturated heterocycles. The SMILES string of the molecule is CNc1cc(C(=O)O)nc(CC(C)C)n1. The summed E-state index contributed by atoms with van der Waals surface area (Å²) >= 11 is 0. The van der Waals surface area contributed by atoms with Gasteiger partial charge in [0.2, 0.25) is 0 Å². The molecule has 0 radical (unpaired) electrons. The fourth-order valence-corrected chi connectivity index (χ4v) is 1.19. The molecule has 0 fully saturated rings. The van der Waals surface area contributed by atoms with E-state index in [0.29, 0.717) is 24.0 Å². The molecule has 1 rings (SSSR count). The lowest BCUT2D eigenvalue weighted by Crippen LogP contribution is -2.09. The van der Waals surface area contributed by atoms with Gasteiger partial charge in [-0.05, 0) is 5.92 Å². The van der Waals surface area contributed by atoms with Crippen molar-refractivity contribution in [2.45, 2.75) is 20.3 Å². The van der Waals surface area contributed by atoms with Crippen LogP contribution in [0.4, 0.5) is 5.82 Å². The van der Waals surface area contributed by atoms with Gasteiger partial charge in [0.05, 0.1) is 0 Å². The van der Waals surface area contributed by atoms with Crippen LogP contribution in [0.3, 0.4) is 0 Å². The monoisotopic (exact) mass is 209 g/mol. The smallest absolute Gasteiger partial charge is 0.354 e. The van der Waals surface area contributed by atoms with E-state index in [2.05, 4.69) is 15.3 Å². The second kappa shape index (κ2) is 4.72. The van der Waals surface area contributed by atoms with Crippen molar-refractivity contribution in [1.29, 1.82) is 0 Å². The molecule has 0 unspecified atom stereocenters. The third-order valence-electron chi connectivity index (χ3n) is 1.84. The first-order valence-electron chi connectivity index (χ1n) is 4.82. The normalized spacial score (nSPS) is 10.4. The average Bonchev–Trinajstić information content (AvgIpc) is 2.16. The van der Waals surface area contributed by atoms with Gasteiger partial charge in [0.25, 0.3) is 0 Å². The van der Waals surface area contributed by atoms with E-state index in [0.717, 1.165) is 0 Å². The number of carboxylic acids is 1. The van der Waals surface area contributed by atoms with Crippen molar-refractivity contribution < 1.29 is 9.90 Å². The number of hydrogen-bond donors (Lipinski definition) is 2. The van der Waals surface area contributed by atoms with Gasteiger partial charge in [0.1, 0.15) is 11.6 Å². The van der Waals surface area contributed by atoms with Crippen molar-refractivity contribution >= 4 is 11.8 Å². The minimum absolute atomic E-state index is 0.0324. The first kappa shape index (κ1) is 11.4. The van der Waals surface area contributed by atoms with E-state index in [1.165, 1.54) is 6.07 Å². The molecule has 5 nitrogen and oxygen atoms in total. The second-order valence-electron chi connectivity index (χ2n) is 3.71. The fraction of sp³-hybridized carbons (Fsp3) is 0.500. The van der Waals surface area contributed by atoms with Gasteiger partial charge in [-0.1, -0.05) is 13.8 Å². The van der Waals surface area contributed by atoms with Crippen molar-refractivity contribution in [3.63, 3.8) is 0 Å². The molecule has 82 valence electrons. The number of hydrogen-bond acceptors (Lipinski definition) is 4. The molecule has 0 saturated carbocycles. The van der Waals surface area contributed by atoms with Crippen molar-refractivity contribution in [3.8, 4) is 0 Å². The summed E-state index contributed by atoms with van der Waals surface area (Å²) in [5.41, 5.74) is 0.0324. The lowest BCUT2D eigenvalue weighted by Gasteiger charge is -2.07. The molecule has 2 N–H and O–H groups in total. The zero-order valence-corrected chi connectivity index (χ0v) is 9.11. The van der Waals surface area contributed by atoms with Crippen LogP contribution in [0.25, 0.3) is 0 Å². The highest BCUT2D eigenvalue weighted by atomic mass is 16.4. The van der Waals surface area contributed by atoms with Crippen LogP contribution in [0, 0.1) is 5.92 Å². The average molecular weight is 209 g/mol. The quantitative estimate of drug-likeness (QED) is 0.784. The van der Waals surface area contributed by atoms with Gasteiger partial charge in [-0.25, -0.2) is 14.8 Å². The highest BCUT2D eigenvalue weighted by molar-refractivity contribution is 5.86. The van der Waals surface area contributed by atoms with Gasteiger partial charge in [0, 0.05) is 19.5 Å². The van der Waals surface area contributed by atoms with Crippen LogP contribution in [0.2, 0.25) is 0 Å². The first-order valence-corrected chi connectivity index (χ1v) is 4.82. The van der Waals surface area contributed by atoms with E-state index in [-0.39, 0.29) is 5.69 Å². The summed E-state index contributed by atoms with van der Waals surface area (Å²) in [5, 5.41) is 11.7. The number of aromatic carboxylic acids is 1. The molecule has 0 aliphatic heterocycles. The van der Waals surface area contributed by atoms with Crippen LogP contribution in [0.5, 0.6) is 0 Å². The number of nitrogens with one attached hydrogen (secondary N) is 1. The molecule has 0 atom stereocenters. The summed E-state index contributed by atoms with van der Waals surface area (Å²) in [6, 6.07) is 1.42. The third kappa shape index (κ3) is 3.19. The highest BCUT2D eigenvalue weighted by Gasteiger charge is 2.10. The zero-order chi connectivity index (χ0) is 11.4. The summed E-state index contributed by atoms with van der Waals surface area (Å²) in [6.07, 6.45) is 0.676. The Kier molecular flexibility index (Phi) is 3.60. The molecular formula is C10H15N3O2. The summed E-state index contributed by atoms with van der Waals surface area (Å²) < 4.78 is 0. The number of carbonyl (C=O) groups is 1. The largest absolute Gasteiger partial charge is 0.477 e. The van der Waals surface area contributed by atoms with Crippen LogP contribution >= 0.6 is 0 Å². The van der Waals surface area contributed by atoms with Crippen molar-refractivity contribution in [2.75, 3.05) is 12.4 Å². The molecule has 1 heterocycles. The van der Waals surface area contributed by atoms with E-state index in [4.69, 9.17) is 5.11 Å². The van der Waals surface area contributed by atoms with E-state index >= 15 is 0 Å². The van der Waals surface area contributed by atoms with Gasteiger partial charge < -0.3 is 10.4 Å². The number of anilines is 1. The molecule has 15 heavy (non-hydrogen) atoms. The van der Waals surface area contributed by atoms with Gasteiger partial charge in [-0.2, -0.15) is 0 Å². The van der Waals surface area contributed by atoms with E-state index in [1.807, 2.05) is 13.8 Å². The van der Waals surface area contributed by atoms with Crippen molar-refractivity contribution in [3.05, 3.63) is 17.6 Å². The second-order valence-corrected chi connectivity index (χ2v) is 3.71. The minimum Gasteiger partial charge on any atom is -0.477 e. The van der Waals surface area contributed by atoms with E-state index < -0.39 is 5.97 Å². The predicted octanol–water partition coefficient (Wildman–Crippen LogP) is 1.41. The molecule has 1 aromatic rings. The summed E-state index contributed by atoms with van der Waals surface area (Å²) in [4.78, 5) is 18.9. The third-order valence-corrected chi connectivity index (χ3v) is 1.84. The highest BCUT2D eigenvalue weighted by Crippen LogP contribution is 2.09. The Morgan fingerprint density at radius 3 is 2.67 bits per heavy atom. The van der Waals surface area contributed by atoms with Crippen LogP contribution in [-0.4, -0.2) is 28.1 Å². The minimum atomic E-state index is -1.03. The van der Waals surface area contributed by atoms with Crippen molar-refractivity contribution in [2.24, 2.45) is 5.92 Å². The van der Waals surface area contributed by atoms with E-state index in [9.17, 15) is 4.79 Å². The molecule has 1 aromatic heterocycles. The number of aromatic nitrogens is 2. The van der Waals surface area contributed by atoms with Gasteiger partial charge in [0.15, 0.2) is 5.69 Å². The summed E-state index contributed by atoms with van der Waals surface area (Å²) in [6.45, 7) is 4.08. The molecular weight excluding hydrogens is 194 g/mol. The fourth-order valence-electron chi connectivity index (χ4n) is 1.19. The first-order chi connectivity index (χ1) is 7.02. The Morgan fingerprint density at radius 1 is 1.53 bits per heavy atom. The molecule has 0 bridgehead atoms. The van der Waals surface area contributed by atoms with Crippen LogP contribution in [0.1, 0.15) is 30.2 Å². The molecule has 5 heteroatoms. The predicted molar refractivity (Wildman–Crippen MR) is 57.1 cm³/mol. The number of carboxylic acid groups (broad SMARTS) is 1. The van der Waals surface area contributed by atoms with Gasteiger partial charge >= 0.3 is 5.97 Å². The Morgan fingerprint density at radius 2 is 2.20 bits per heavy atom. The standard InChI is InChI=1S/C10H15N3O2/c1-6(2)4-9-12-7(10(14)15)5-8(11-3)13-9/h5-6H,4H2,1-3H3,(H,14,15)(H,11,12,13). The maximum absolute atomic E-state index is 10.8. The maximum atomic E-state index is 10.8. The Balaban J connectivity index is 3.05. The number of rotatable bonds is 4. The molecule has 0 amide bonds. The Hall–Kier alpha value is -1.65. The molecule has 0 spiro atoms. The lowest BCUT2D eigenvalue weighted by atomic mass is 10.1. The molecule has 0 aromatic carbocycles. The lowest BCUT2D eigenvalue weighted by molar-refractivity contribution is 0.0690. The van der Waals surface area contributed by atoms with Gasteiger partial charge in [-0.15, -0.1) is 0 Å².